The van der Waals surface area contributed by atoms with Crippen molar-refractivity contribution in [2.75, 3.05) is 19.8 Å². The van der Waals surface area contributed by atoms with Crippen LogP contribution in [0.2, 0.25) is 0 Å². The van der Waals surface area contributed by atoms with Gasteiger partial charge in [0.05, 0.1) is 13.2 Å². The molecule has 0 aromatic heterocycles. The minimum absolute atomic E-state index is 0.206. The van der Waals surface area contributed by atoms with E-state index in [2.05, 4.69) is 32.3 Å². The first-order valence-electron chi connectivity index (χ1n) is 9.80. The van der Waals surface area contributed by atoms with Gasteiger partial charge in [0.2, 0.25) is 0 Å². The molecular formula is C22H33Cl2NO3. The van der Waals surface area contributed by atoms with Gasteiger partial charge in [-0.2, -0.15) is 0 Å². The first kappa shape index (κ1) is 24.7. The van der Waals surface area contributed by atoms with Crippen LogP contribution >= 0.6 is 23.2 Å². The van der Waals surface area contributed by atoms with Crippen molar-refractivity contribution in [3.05, 3.63) is 45.6 Å². The van der Waals surface area contributed by atoms with E-state index in [0.29, 0.717) is 25.7 Å². The topological polar surface area (TPSA) is 39.7 Å². The van der Waals surface area contributed by atoms with Crippen molar-refractivity contribution in [2.24, 2.45) is 5.92 Å². The molecule has 0 amide bonds. The molecule has 0 atom stereocenters. The number of benzene rings is 1. The van der Waals surface area contributed by atoms with Gasteiger partial charge >= 0.3 is 0 Å². The van der Waals surface area contributed by atoms with Crippen LogP contribution in [0.4, 0.5) is 0 Å². The molecule has 0 aliphatic heterocycles. The van der Waals surface area contributed by atoms with Gasteiger partial charge in [0.25, 0.3) is 0 Å². The van der Waals surface area contributed by atoms with Gasteiger partial charge < -0.3 is 9.47 Å². The largest absolute Gasteiger partial charge is 0.493 e. The van der Waals surface area contributed by atoms with Crippen molar-refractivity contribution in [3.63, 3.8) is 0 Å². The van der Waals surface area contributed by atoms with E-state index in [0.717, 1.165) is 47.6 Å². The molecule has 1 N–H and O–H groups in total. The van der Waals surface area contributed by atoms with Crippen molar-refractivity contribution in [2.45, 2.75) is 53.9 Å². The molecule has 0 aliphatic rings. The quantitative estimate of drug-likeness (QED) is 0.287. The van der Waals surface area contributed by atoms with Crippen molar-refractivity contribution < 1.29 is 14.3 Å². The third-order valence-corrected chi connectivity index (χ3v) is 4.21. The summed E-state index contributed by atoms with van der Waals surface area (Å²) in [5.74, 6) is 2.24. The second-order valence-electron chi connectivity index (χ2n) is 6.99. The zero-order valence-corrected chi connectivity index (χ0v) is 19.1. The number of halogens is 2. The molecule has 158 valence electrons. The lowest BCUT2D eigenvalue weighted by atomic mass is 10.1. The van der Waals surface area contributed by atoms with E-state index >= 15 is 0 Å². The maximum absolute atomic E-state index is 6.04. The average Bonchev–Trinajstić information content (AvgIpc) is 2.61. The highest BCUT2D eigenvalue weighted by atomic mass is 35.5. The van der Waals surface area contributed by atoms with Crippen molar-refractivity contribution >= 4 is 23.2 Å². The van der Waals surface area contributed by atoms with Gasteiger partial charge in [0.1, 0.15) is 22.6 Å². The Balaban J connectivity index is 2.42. The molecule has 28 heavy (non-hydrogen) atoms. The first-order chi connectivity index (χ1) is 13.3. The van der Waals surface area contributed by atoms with Crippen LogP contribution < -0.4 is 15.0 Å². The summed E-state index contributed by atoms with van der Waals surface area (Å²) in [5, 5.41) is 0. The Morgan fingerprint density at radius 1 is 1.14 bits per heavy atom. The highest BCUT2D eigenvalue weighted by Gasteiger charge is 2.09. The van der Waals surface area contributed by atoms with Gasteiger partial charge in [0, 0.05) is 5.70 Å². The van der Waals surface area contributed by atoms with E-state index in [1.165, 1.54) is 0 Å². The van der Waals surface area contributed by atoms with Crippen LogP contribution in [0, 0.1) is 12.8 Å². The maximum atomic E-state index is 6.04. The maximum Gasteiger partial charge on any atom is 0.125 e. The number of unbranched alkanes of at least 4 members (excludes halogenated alkanes) is 1. The van der Waals surface area contributed by atoms with Gasteiger partial charge in [-0.15, -0.1) is 0 Å². The Kier molecular flexibility index (Phi) is 12.1. The summed E-state index contributed by atoms with van der Waals surface area (Å²) in [6.07, 6.45) is 6.47. The first-order valence-corrected chi connectivity index (χ1v) is 10.6. The second-order valence-corrected chi connectivity index (χ2v) is 7.99. The predicted octanol–water partition coefficient (Wildman–Crippen LogP) is 6.50. The number of rotatable bonds is 13. The minimum Gasteiger partial charge on any atom is -0.493 e. The summed E-state index contributed by atoms with van der Waals surface area (Å²) >= 11 is 11.2. The fraction of sp³-hybridized carbons (Fsp3) is 0.545. The van der Waals surface area contributed by atoms with Crippen LogP contribution in [0.15, 0.2) is 34.5 Å². The van der Waals surface area contributed by atoms with Crippen LogP contribution in [-0.4, -0.2) is 19.8 Å². The van der Waals surface area contributed by atoms with Gasteiger partial charge in [-0.3, -0.25) is 10.3 Å². The van der Waals surface area contributed by atoms with Crippen LogP contribution in [0.3, 0.4) is 0 Å². The van der Waals surface area contributed by atoms with Gasteiger partial charge in [0.15, 0.2) is 0 Å². The Labute approximate surface area is 179 Å². The van der Waals surface area contributed by atoms with Crippen LogP contribution in [0.25, 0.3) is 0 Å². The number of hydrogen-bond donors (Lipinski definition) is 1. The number of ether oxygens (including phenoxy) is 2. The molecule has 0 saturated heterocycles. The molecule has 0 bridgehead atoms. The summed E-state index contributed by atoms with van der Waals surface area (Å²) < 4.78 is 11.9. The third kappa shape index (κ3) is 10.3. The smallest absolute Gasteiger partial charge is 0.125 e. The SMILES string of the molecule is CCc1cc(OCC=C(Cl)Cl)cc(C)c1OCCCCONC(C)=CC(C)C. The molecule has 1 aromatic rings. The summed E-state index contributed by atoms with van der Waals surface area (Å²) in [6.45, 7) is 12.1. The molecule has 0 unspecified atom stereocenters. The minimum atomic E-state index is 0.206. The summed E-state index contributed by atoms with van der Waals surface area (Å²) in [6, 6.07) is 3.98. The summed E-state index contributed by atoms with van der Waals surface area (Å²) in [4.78, 5) is 5.47. The molecule has 6 heteroatoms. The lowest BCUT2D eigenvalue weighted by Crippen LogP contribution is -2.14. The molecule has 0 fully saturated rings. The van der Waals surface area contributed by atoms with Crippen molar-refractivity contribution in [1.82, 2.24) is 5.48 Å². The Bertz CT molecular complexity index is 653. The van der Waals surface area contributed by atoms with Gasteiger partial charge in [-0.1, -0.05) is 50.0 Å². The third-order valence-electron chi connectivity index (χ3n) is 3.90. The van der Waals surface area contributed by atoms with Crippen molar-refractivity contribution in [1.29, 1.82) is 0 Å². The van der Waals surface area contributed by atoms with E-state index in [4.69, 9.17) is 37.5 Å². The monoisotopic (exact) mass is 429 g/mol. The second kappa shape index (κ2) is 13.8. The number of hydroxylamine groups is 1. The average molecular weight is 430 g/mol. The lowest BCUT2D eigenvalue weighted by Gasteiger charge is -2.16. The van der Waals surface area contributed by atoms with E-state index in [1.54, 1.807) is 6.08 Å². The van der Waals surface area contributed by atoms with E-state index in [-0.39, 0.29) is 4.49 Å². The predicted molar refractivity (Wildman–Crippen MR) is 118 cm³/mol. The zero-order valence-electron chi connectivity index (χ0n) is 17.6. The summed E-state index contributed by atoms with van der Waals surface area (Å²) in [7, 11) is 0. The molecule has 0 radical (unpaired) electrons. The van der Waals surface area contributed by atoms with Crippen LogP contribution in [0.1, 0.15) is 51.7 Å². The van der Waals surface area contributed by atoms with E-state index in [1.807, 2.05) is 26.0 Å². The van der Waals surface area contributed by atoms with Crippen LogP contribution in [-0.2, 0) is 11.3 Å². The molecule has 1 aromatic carbocycles. The molecule has 0 aliphatic carbocycles. The number of allylic oxidation sites excluding steroid dienone is 2. The molecule has 0 heterocycles. The van der Waals surface area contributed by atoms with Crippen molar-refractivity contribution in [3.8, 4) is 11.5 Å². The highest BCUT2D eigenvalue weighted by Crippen LogP contribution is 2.30. The Morgan fingerprint density at radius 2 is 1.86 bits per heavy atom. The van der Waals surface area contributed by atoms with Crippen LogP contribution in [0.5, 0.6) is 11.5 Å². The normalized spacial score (nSPS) is 11.5. The van der Waals surface area contributed by atoms with E-state index in [9.17, 15) is 0 Å². The zero-order chi connectivity index (χ0) is 20.9. The Hall–Kier alpha value is -1.36. The highest BCUT2D eigenvalue weighted by molar-refractivity contribution is 6.55. The fourth-order valence-electron chi connectivity index (χ4n) is 2.71. The fourth-order valence-corrected chi connectivity index (χ4v) is 2.84. The Morgan fingerprint density at radius 3 is 2.50 bits per heavy atom. The lowest BCUT2D eigenvalue weighted by molar-refractivity contribution is 0.0577. The molecule has 0 spiro atoms. The molecular weight excluding hydrogens is 397 g/mol. The van der Waals surface area contributed by atoms with E-state index < -0.39 is 0 Å². The molecule has 4 nitrogen and oxygen atoms in total. The van der Waals surface area contributed by atoms with Gasteiger partial charge in [-0.05, 0) is 68.4 Å². The number of nitrogens with one attached hydrogen (secondary N) is 1. The number of hydrogen-bond acceptors (Lipinski definition) is 4. The van der Waals surface area contributed by atoms with Gasteiger partial charge in [-0.25, -0.2) is 0 Å². The molecule has 0 saturated carbocycles. The standard InChI is InChI=1S/C22H33Cl2NO3/c1-6-19-15-20(26-12-9-21(23)24)14-17(4)22(19)27-10-7-8-11-28-25-18(5)13-16(2)3/h9,13-16,25H,6-8,10-12H2,1-5H3. The summed E-state index contributed by atoms with van der Waals surface area (Å²) in [5.41, 5.74) is 6.19. The number of aryl methyl sites for hydroxylation is 2. The molecule has 1 rings (SSSR count).